The number of primary amides is 1. The highest BCUT2D eigenvalue weighted by atomic mass is 32.1. The molecule has 5 N–H and O–H groups in total. The molecule has 0 bridgehead atoms. The Bertz CT molecular complexity index is 368. The summed E-state index contributed by atoms with van der Waals surface area (Å²) in [4.78, 5) is 11.7. The molecule has 1 aliphatic rings. The van der Waals surface area contributed by atoms with Crippen LogP contribution >= 0.6 is 12.2 Å². The van der Waals surface area contributed by atoms with Gasteiger partial charge in [-0.2, -0.15) is 0 Å². The molecule has 4 nitrogen and oxygen atoms in total. The standard InChI is InChI=1S/C9H11N3OS/c10-8(11)3-5-1-2-6(14)4-7(5)9(12)13/h1,4H,2-3H2,(H3,10,11)(H2,12,13). The van der Waals surface area contributed by atoms with E-state index in [2.05, 4.69) is 0 Å². The molecule has 0 radical (unpaired) electrons. The van der Waals surface area contributed by atoms with Crippen molar-refractivity contribution in [2.24, 2.45) is 11.5 Å². The van der Waals surface area contributed by atoms with Gasteiger partial charge in [0.1, 0.15) is 0 Å². The molecule has 0 aromatic rings. The molecule has 14 heavy (non-hydrogen) atoms. The molecule has 0 atom stereocenters. The quantitative estimate of drug-likeness (QED) is 0.357. The third kappa shape index (κ3) is 2.50. The summed E-state index contributed by atoms with van der Waals surface area (Å²) in [7, 11) is 0. The number of amides is 1. The fraction of sp³-hybridized carbons (Fsp3) is 0.222. The average Bonchev–Trinajstić information content (AvgIpc) is 2.07. The number of hydrogen-bond acceptors (Lipinski definition) is 3. The van der Waals surface area contributed by atoms with E-state index in [4.69, 9.17) is 29.1 Å². The molecule has 0 unspecified atom stereocenters. The Morgan fingerprint density at radius 3 is 2.71 bits per heavy atom. The molecule has 0 aromatic carbocycles. The number of allylic oxidation sites excluding steroid dienone is 2. The number of hydrogen-bond donors (Lipinski definition) is 3. The van der Waals surface area contributed by atoms with Crippen molar-refractivity contribution in [1.82, 2.24) is 0 Å². The van der Waals surface area contributed by atoms with Gasteiger partial charge in [-0.15, -0.1) is 0 Å². The number of nitrogens with one attached hydrogen (secondary N) is 1. The van der Waals surface area contributed by atoms with Gasteiger partial charge < -0.3 is 11.5 Å². The third-order valence-electron chi connectivity index (χ3n) is 1.85. The van der Waals surface area contributed by atoms with Gasteiger partial charge in [-0.1, -0.05) is 18.3 Å². The van der Waals surface area contributed by atoms with Crippen molar-refractivity contribution in [3.63, 3.8) is 0 Å². The van der Waals surface area contributed by atoms with E-state index in [1.807, 2.05) is 0 Å². The topological polar surface area (TPSA) is 93.0 Å². The van der Waals surface area contributed by atoms with Gasteiger partial charge in [0.15, 0.2) is 0 Å². The van der Waals surface area contributed by atoms with Crippen LogP contribution < -0.4 is 11.5 Å². The van der Waals surface area contributed by atoms with Gasteiger partial charge in [-0.3, -0.25) is 10.2 Å². The molecule has 0 saturated heterocycles. The SMILES string of the molecule is N=C(N)CC1=CCC(=S)C=C1C(N)=O. The minimum atomic E-state index is -0.528. The lowest BCUT2D eigenvalue weighted by Crippen LogP contribution is -2.21. The molecule has 0 heterocycles. The largest absolute Gasteiger partial charge is 0.387 e. The molecule has 1 amide bonds. The van der Waals surface area contributed by atoms with Crippen molar-refractivity contribution < 1.29 is 4.79 Å². The van der Waals surface area contributed by atoms with Gasteiger partial charge in [0.2, 0.25) is 5.91 Å². The van der Waals surface area contributed by atoms with Crippen molar-refractivity contribution in [2.45, 2.75) is 12.8 Å². The lowest BCUT2D eigenvalue weighted by molar-refractivity contribution is -0.114. The van der Waals surface area contributed by atoms with Gasteiger partial charge in [-0.05, 0) is 11.6 Å². The third-order valence-corrected chi connectivity index (χ3v) is 2.13. The molecular weight excluding hydrogens is 198 g/mol. The van der Waals surface area contributed by atoms with Crippen LogP contribution in [0.4, 0.5) is 0 Å². The lowest BCUT2D eigenvalue weighted by atomic mass is 9.94. The summed E-state index contributed by atoms with van der Waals surface area (Å²) >= 11 is 4.95. The zero-order valence-corrected chi connectivity index (χ0v) is 8.36. The maximum absolute atomic E-state index is 11.0. The molecule has 1 aliphatic carbocycles. The van der Waals surface area contributed by atoms with Gasteiger partial charge in [0.05, 0.1) is 5.84 Å². The van der Waals surface area contributed by atoms with Crippen LogP contribution in [0.2, 0.25) is 0 Å². The van der Waals surface area contributed by atoms with Crippen LogP contribution in [0.25, 0.3) is 0 Å². The normalized spacial score (nSPS) is 15.9. The van der Waals surface area contributed by atoms with Crippen LogP contribution in [-0.2, 0) is 4.79 Å². The van der Waals surface area contributed by atoms with E-state index in [1.165, 1.54) is 0 Å². The first-order valence-electron chi connectivity index (χ1n) is 4.07. The Morgan fingerprint density at radius 2 is 2.21 bits per heavy atom. The van der Waals surface area contributed by atoms with Crippen molar-refractivity contribution in [1.29, 1.82) is 5.41 Å². The zero-order valence-electron chi connectivity index (χ0n) is 7.54. The van der Waals surface area contributed by atoms with E-state index in [9.17, 15) is 4.79 Å². The van der Waals surface area contributed by atoms with Crippen LogP contribution in [0.1, 0.15) is 12.8 Å². The molecule has 0 saturated carbocycles. The van der Waals surface area contributed by atoms with Crippen molar-refractivity contribution in [3.05, 3.63) is 23.3 Å². The number of carbonyl (C=O) groups excluding carboxylic acids is 1. The summed E-state index contributed by atoms with van der Waals surface area (Å²) in [5.74, 6) is -0.518. The van der Waals surface area contributed by atoms with Crippen LogP contribution in [0, 0.1) is 5.41 Å². The summed E-state index contributed by atoms with van der Waals surface area (Å²) in [6.45, 7) is 0. The second-order valence-corrected chi connectivity index (χ2v) is 3.55. The Labute approximate surface area is 87.2 Å². The summed E-state index contributed by atoms with van der Waals surface area (Å²) < 4.78 is 0. The van der Waals surface area contributed by atoms with E-state index < -0.39 is 5.91 Å². The van der Waals surface area contributed by atoms with Gasteiger partial charge in [0, 0.05) is 23.3 Å². The number of amidine groups is 1. The zero-order chi connectivity index (χ0) is 10.7. The van der Waals surface area contributed by atoms with E-state index in [1.54, 1.807) is 12.2 Å². The molecule has 0 spiro atoms. The fourth-order valence-corrected chi connectivity index (χ4v) is 1.45. The van der Waals surface area contributed by atoms with E-state index in [-0.39, 0.29) is 12.3 Å². The first-order valence-corrected chi connectivity index (χ1v) is 4.48. The summed E-state index contributed by atoms with van der Waals surface area (Å²) in [6.07, 6.45) is 4.23. The maximum Gasteiger partial charge on any atom is 0.249 e. The molecule has 0 aliphatic heterocycles. The summed E-state index contributed by atoms with van der Waals surface area (Å²) in [5.41, 5.74) is 11.5. The molecule has 0 aromatic heterocycles. The minimum absolute atomic E-state index is 0.0104. The highest BCUT2D eigenvalue weighted by Crippen LogP contribution is 2.20. The summed E-state index contributed by atoms with van der Waals surface area (Å²) in [5, 5.41) is 7.14. The minimum Gasteiger partial charge on any atom is -0.387 e. The first kappa shape index (κ1) is 10.6. The monoisotopic (exact) mass is 209 g/mol. The molecule has 5 heteroatoms. The number of rotatable bonds is 3. The second kappa shape index (κ2) is 4.15. The highest BCUT2D eigenvalue weighted by Gasteiger charge is 2.16. The highest BCUT2D eigenvalue weighted by molar-refractivity contribution is 7.80. The van der Waals surface area contributed by atoms with Crippen LogP contribution in [0.15, 0.2) is 23.3 Å². The molecule has 1 rings (SSSR count). The number of thiocarbonyl (C=S) groups is 1. The molecular formula is C9H11N3OS. The van der Waals surface area contributed by atoms with Crippen molar-refractivity contribution in [3.8, 4) is 0 Å². The fourth-order valence-electron chi connectivity index (χ4n) is 1.25. The van der Waals surface area contributed by atoms with Crippen LogP contribution in [-0.4, -0.2) is 16.6 Å². The number of nitrogens with two attached hydrogens (primary N) is 2. The van der Waals surface area contributed by atoms with E-state index >= 15 is 0 Å². The Balaban J connectivity index is 2.94. The van der Waals surface area contributed by atoms with Crippen LogP contribution in [0.5, 0.6) is 0 Å². The van der Waals surface area contributed by atoms with E-state index in [0.29, 0.717) is 22.4 Å². The Kier molecular flexibility index (Phi) is 3.14. The van der Waals surface area contributed by atoms with Gasteiger partial charge in [-0.25, -0.2) is 0 Å². The molecule has 0 fully saturated rings. The predicted octanol–water partition coefficient (Wildman–Crippen LogP) is 0.424. The van der Waals surface area contributed by atoms with Crippen LogP contribution in [0.3, 0.4) is 0 Å². The smallest absolute Gasteiger partial charge is 0.249 e. The predicted molar refractivity (Wildman–Crippen MR) is 59.1 cm³/mol. The average molecular weight is 209 g/mol. The maximum atomic E-state index is 11.0. The second-order valence-electron chi connectivity index (χ2n) is 3.02. The lowest BCUT2D eigenvalue weighted by Gasteiger charge is -2.13. The van der Waals surface area contributed by atoms with Gasteiger partial charge >= 0.3 is 0 Å². The Morgan fingerprint density at radius 1 is 1.57 bits per heavy atom. The summed E-state index contributed by atoms with van der Waals surface area (Å²) in [6, 6.07) is 0. The number of carbonyl (C=O) groups is 1. The van der Waals surface area contributed by atoms with Gasteiger partial charge in [0.25, 0.3) is 0 Å². The Hall–Kier alpha value is -1.49. The molecule has 74 valence electrons. The van der Waals surface area contributed by atoms with Crippen molar-refractivity contribution in [2.75, 3.05) is 0 Å². The first-order chi connectivity index (χ1) is 6.50. The van der Waals surface area contributed by atoms with E-state index in [0.717, 1.165) is 0 Å². The van der Waals surface area contributed by atoms with Crippen molar-refractivity contribution >= 4 is 28.8 Å².